The molecule has 1 fully saturated rings. The summed E-state index contributed by atoms with van der Waals surface area (Å²) in [7, 11) is 3.39. The second kappa shape index (κ2) is 5.98. The summed E-state index contributed by atoms with van der Waals surface area (Å²) in [6.45, 7) is 1.62. The lowest BCUT2D eigenvalue weighted by molar-refractivity contribution is 0.157. The van der Waals surface area contributed by atoms with E-state index in [4.69, 9.17) is 9.47 Å². The Balaban J connectivity index is 1.86. The lowest BCUT2D eigenvalue weighted by Crippen LogP contribution is -2.34. The summed E-state index contributed by atoms with van der Waals surface area (Å²) >= 11 is 0. The summed E-state index contributed by atoms with van der Waals surface area (Å²) in [5, 5.41) is 3.54. The lowest BCUT2D eigenvalue weighted by atomic mass is 10.2. The Labute approximate surface area is 102 Å². The average molecular weight is 236 g/mol. The van der Waals surface area contributed by atoms with Crippen molar-refractivity contribution in [2.45, 2.75) is 25.4 Å². The first-order chi connectivity index (χ1) is 8.33. The van der Waals surface area contributed by atoms with Crippen LogP contribution < -0.4 is 10.1 Å². The Hall–Kier alpha value is -1.13. The third kappa shape index (κ3) is 3.68. The van der Waals surface area contributed by atoms with Gasteiger partial charge in [0, 0.05) is 32.0 Å². The number of hydrogen-bond donors (Lipinski definition) is 1. The Morgan fingerprint density at radius 2 is 2.29 bits per heavy atom. The quantitative estimate of drug-likeness (QED) is 0.781. The van der Waals surface area contributed by atoms with Gasteiger partial charge in [-0.1, -0.05) is 0 Å². The van der Waals surface area contributed by atoms with Crippen LogP contribution in [0.1, 0.15) is 18.4 Å². The van der Waals surface area contributed by atoms with Gasteiger partial charge in [-0.05, 0) is 30.4 Å². The van der Waals surface area contributed by atoms with Crippen molar-refractivity contribution < 1.29 is 9.47 Å². The van der Waals surface area contributed by atoms with Gasteiger partial charge in [0.2, 0.25) is 5.88 Å². The van der Waals surface area contributed by atoms with Gasteiger partial charge in [0.05, 0.1) is 13.7 Å². The summed E-state index contributed by atoms with van der Waals surface area (Å²) in [4.78, 5) is 4.09. The lowest BCUT2D eigenvalue weighted by Gasteiger charge is -2.17. The monoisotopic (exact) mass is 236 g/mol. The Bertz CT molecular complexity index is 353. The van der Waals surface area contributed by atoms with Crippen molar-refractivity contribution in [3.05, 3.63) is 23.9 Å². The molecular weight excluding hydrogens is 216 g/mol. The van der Waals surface area contributed by atoms with E-state index < -0.39 is 0 Å². The van der Waals surface area contributed by atoms with E-state index in [2.05, 4.69) is 10.3 Å². The van der Waals surface area contributed by atoms with Crippen LogP contribution in [0, 0.1) is 5.92 Å². The number of rotatable bonds is 7. The zero-order valence-electron chi connectivity index (χ0n) is 10.5. The van der Waals surface area contributed by atoms with Crippen LogP contribution in [0.2, 0.25) is 0 Å². The van der Waals surface area contributed by atoms with E-state index in [0.717, 1.165) is 19.1 Å². The standard InChI is InChI=1S/C13H20N2O2/c1-16-9-12(11-3-4-11)15-8-10-5-6-14-13(7-10)17-2/h5-7,11-12,15H,3-4,8-9H2,1-2H3. The largest absolute Gasteiger partial charge is 0.481 e. The molecule has 0 spiro atoms. The van der Waals surface area contributed by atoms with Gasteiger partial charge >= 0.3 is 0 Å². The number of nitrogens with zero attached hydrogens (tertiary/aromatic N) is 1. The van der Waals surface area contributed by atoms with Gasteiger partial charge in [0.15, 0.2) is 0 Å². The van der Waals surface area contributed by atoms with Crippen molar-refractivity contribution >= 4 is 0 Å². The van der Waals surface area contributed by atoms with E-state index in [1.807, 2.05) is 12.1 Å². The maximum absolute atomic E-state index is 5.24. The molecule has 0 saturated heterocycles. The molecule has 0 aliphatic heterocycles. The molecule has 0 radical (unpaired) electrons. The first-order valence-corrected chi connectivity index (χ1v) is 6.04. The maximum atomic E-state index is 5.24. The van der Waals surface area contributed by atoms with Gasteiger partial charge in [-0.25, -0.2) is 4.98 Å². The molecule has 1 saturated carbocycles. The first kappa shape index (κ1) is 12.3. The third-order valence-electron chi connectivity index (χ3n) is 3.11. The summed E-state index contributed by atoms with van der Waals surface area (Å²) < 4.78 is 10.3. The molecule has 1 atom stereocenters. The minimum Gasteiger partial charge on any atom is -0.481 e. The molecule has 17 heavy (non-hydrogen) atoms. The fourth-order valence-electron chi connectivity index (χ4n) is 1.96. The minimum atomic E-state index is 0.471. The number of methoxy groups -OCH3 is 2. The number of pyridine rings is 1. The molecule has 1 aromatic rings. The van der Waals surface area contributed by atoms with Crippen LogP contribution >= 0.6 is 0 Å². The van der Waals surface area contributed by atoms with Gasteiger partial charge in [-0.15, -0.1) is 0 Å². The van der Waals surface area contributed by atoms with Crippen LogP contribution in [0.3, 0.4) is 0 Å². The van der Waals surface area contributed by atoms with Crippen LogP contribution in [-0.4, -0.2) is 31.9 Å². The molecule has 1 aliphatic carbocycles. The maximum Gasteiger partial charge on any atom is 0.213 e. The van der Waals surface area contributed by atoms with Gasteiger partial charge in [-0.3, -0.25) is 0 Å². The zero-order valence-corrected chi connectivity index (χ0v) is 10.5. The van der Waals surface area contributed by atoms with E-state index in [0.29, 0.717) is 11.9 Å². The van der Waals surface area contributed by atoms with Crippen molar-refractivity contribution in [3.63, 3.8) is 0 Å². The Morgan fingerprint density at radius 1 is 1.47 bits per heavy atom. The van der Waals surface area contributed by atoms with Crippen LogP contribution in [0.15, 0.2) is 18.3 Å². The van der Waals surface area contributed by atoms with Crippen molar-refractivity contribution in [2.75, 3.05) is 20.8 Å². The molecule has 1 heterocycles. The average Bonchev–Trinajstić information content (AvgIpc) is 3.19. The van der Waals surface area contributed by atoms with Crippen LogP contribution in [0.25, 0.3) is 0 Å². The fraction of sp³-hybridized carbons (Fsp3) is 0.615. The van der Waals surface area contributed by atoms with Gasteiger partial charge in [0.1, 0.15) is 0 Å². The summed E-state index contributed by atoms with van der Waals surface area (Å²) in [6.07, 6.45) is 4.42. The number of hydrogen-bond acceptors (Lipinski definition) is 4. The highest BCUT2D eigenvalue weighted by molar-refractivity contribution is 5.20. The summed E-state index contributed by atoms with van der Waals surface area (Å²) in [5.74, 6) is 1.46. The molecular formula is C13H20N2O2. The molecule has 2 rings (SSSR count). The zero-order chi connectivity index (χ0) is 12.1. The second-order valence-corrected chi connectivity index (χ2v) is 4.49. The molecule has 94 valence electrons. The van der Waals surface area contributed by atoms with E-state index in [-0.39, 0.29) is 0 Å². The topological polar surface area (TPSA) is 43.4 Å². The van der Waals surface area contributed by atoms with E-state index in [1.54, 1.807) is 20.4 Å². The van der Waals surface area contributed by atoms with Gasteiger partial charge < -0.3 is 14.8 Å². The highest BCUT2D eigenvalue weighted by Gasteiger charge is 2.30. The smallest absolute Gasteiger partial charge is 0.213 e. The molecule has 4 heteroatoms. The van der Waals surface area contributed by atoms with E-state index in [9.17, 15) is 0 Å². The first-order valence-electron chi connectivity index (χ1n) is 6.04. The highest BCUT2D eigenvalue weighted by atomic mass is 16.5. The molecule has 0 amide bonds. The predicted octanol–water partition coefficient (Wildman–Crippen LogP) is 1.60. The number of ether oxygens (including phenoxy) is 2. The van der Waals surface area contributed by atoms with Crippen molar-refractivity contribution in [1.29, 1.82) is 0 Å². The summed E-state index contributed by atoms with van der Waals surface area (Å²) in [5.41, 5.74) is 1.19. The van der Waals surface area contributed by atoms with Crippen molar-refractivity contribution in [3.8, 4) is 5.88 Å². The summed E-state index contributed by atoms with van der Waals surface area (Å²) in [6, 6.07) is 4.44. The molecule has 1 unspecified atom stereocenters. The van der Waals surface area contributed by atoms with Crippen LogP contribution in [0.4, 0.5) is 0 Å². The number of nitrogens with one attached hydrogen (secondary N) is 1. The Kier molecular flexibility index (Phi) is 4.34. The van der Waals surface area contributed by atoms with Crippen LogP contribution in [-0.2, 0) is 11.3 Å². The normalized spacial score (nSPS) is 16.8. The number of aromatic nitrogens is 1. The second-order valence-electron chi connectivity index (χ2n) is 4.49. The third-order valence-corrected chi connectivity index (χ3v) is 3.11. The van der Waals surface area contributed by atoms with Crippen molar-refractivity contribution in [2.24, 2.45) is 5.92 Å². The van der Waals surface area contributed by atoms with Gasteiger partial charge in [-0.2, -0.15) is 0 Å². The molecule has 4 nitrogen and oxygen atoms in total. The molecule has 0 aromatic carbocycles. The molecule has 1 N–H and O–H groups in total. The van der Waals surface area contributed by atoms with Crippen molar-refractivity contribution in [1.82, 2.24) is 10.3 Å². The predicted molar refractivity (Wildman–Crippen MR) is 66.0 cm³/mol. The molecule has 1 aromatic heterocycles. The van der Waals surface area contributed by atoms with Gasteiger partial charge in [0.25, 0.3) is 0 Å². The van der Waals surface area contributed by atoms with Crippen LogP contribution in [0.5, 0.6) is 5.88 Å². The molecule has 0 bridgehead atoms. The van der Waals surface area contributed by atoms with E-state index >= 15 is 0 Å². The molecule has 1 aliphatic rings. The highest BCUT2D eigenvalue weighted by Crippen LogP contribution is 2.32. The fourth-order valence-corrected chi connectivity index (χ4v) is 1.96. The SMILES string of the molecule is COCC(NCc1ccnc(OC)c1)C1CC1. The minimum absolute atomic E-state index is 0.471. The Morgan fingerprint density at radius 3 is 2.94 bits per heavy atom. The van der Waals surface area contributed by atoms with E-state index in [1.165, 1.54) is 18.4 Å².